The van der Waals surface area contributed by atoms with E-state index in [0.29, 0.717) is 0 Å². The van der Waals surface area contributed by atoms with Gasteiger partial charge in [-0.25, -0.2) is 4.68 Å². The molecule has 1 aromatic rings. The van der Waals surface area contributed by atoms with Crippen molar-refractivity contribution in [2.45, 2.75) is 38.1 Å². The Hall–Kier alpha value is -1.65. The molecule has 3 rings (SSSR count). The number of fused-ring (bicyclic) bond motifs is 1. The normalized spacial score (nSPS) is 22.4. The van der Waals surface area contributed by atoms with E-state index in [1.165, 1.54) is 4.68 Å². The minimum Gasteiger partial charge on any atom is -0.353 e. The Morgan fingerprint density at radius 2 is 2.22 bits per heavy atom. The number of aryl methyl sites for hydroxylation is 2. The molecule has 18 heavy (non-hydrogen) atoms. The van der Waals surface area contributed by atoms with Crippen molar-refractivity contribution in [3.8, 4) is 0 Å². The average molecular weight is 247 g/mol. The van der Waals surface area contributed by atoms with Gasteiger partial charge in [-0.15, -0.1) is 0 Å². The summed E-state index contributed by atoms with van der Waals surface area (Å²) in [5.41, 5.74) is 1.90. The van der Waals surface area contributed by atoms with Crippen LogP contribution in [0.5, 0.6) is 0 Å². The van der Waals surface area contributed by atoms with E-state index >= 15 is 0 Å². The summed E-state index contributed by atoms with van der Waals surface area (Å²) in [6.45, 7) is 0. The van der Waals surface area contributed by atoms with E-state index < -0.39 is 0 Å². The summed E-state index contributed by atoms with van der Waals surface area (Å²) in [5.74, 6) is 0.424. The highest BCUT2D eigenvalue weighted by Gasteiger charge is 2.32. The summed E-state index contributed by atoms with van der Waals surface area (Å²) >= 11 is 0. The quantitative estimate of drug-likeness (QED) is 0.810. The Morgan fingerprint density at radius 3 is 2.94 bits per heavy atom. The van der Waals surface area contributed by atoms with E-state index in [-0.39, 0.29) is 23.4 Å². The summed E-state index contributed by atoms with van der Waals surface area (Å²) in [4.78, 5) is 23.3. The Balaban J connectivity index is 1.74. The number of aromatic nitrogens is 2. The molecule has 0 bridgehead atoms. The maximum absolute atomic E-state index is 11.7. The fraction of sp³-hybridized carbons (Fsp3) is 0.615. The molecule has 1 amide bonds. The molecule has 2 aliphatic rings. The van der Waals surface area contributed by atoms with Crippen molar-refractivity contribution >= 4 is 5.91 Å². The molecule has 0 radical (unpaired) electrons. The zero-order chi connectivity index (χ0) is 12.7. The molecule has 1 saturated carbocycles. The smallest absolute Gasteiger partial charge is 0.266 e. The first kappa shape index (κ1) is 11.4. The second-order valence-corrected chi connectivity index (χ2v) is 5.30. The lowest BCUT2D eigenvalue weighted by atomic mass is 9.92. The highest BCUT2D eigenvalue weighted by molar-refractivity contribution is 5.81. The van der Waals surface area contributed by atoms with Gasteiger partial charge in [0.1, 0.15) is 0 Å². The fourth-order valence-corrected chi connectivity index (χ4v) is 2.47. The molecule has 1 unspecified atom stereocenters. The summed E-state index contributed by atoms with van der Waals surface area (Å²) in [6, 6.07) is 1.82. The number of hydrogen-bond acceptors (Lipinski definition) is 3. The number of rotatable bonds is 2. The van der Waals surface area contributed by atoms with Crippen LogP contribution in [0.25, 0.3) is 0 Å². The summed E-state index contributed by atoms with van der Waals surface area (Å²) in [5, 5.41) is 7.35. The first-order valence-corrected chi connectivity index (χ1v) is 6.50. The molecule has 5 nitrogen and oxygen atoms in total. The van der Waals surface area contributed by atoms with Crippen LogP contribution in [0, 0.1) is 5.92 Å². The van der Waals surface area contributed by atoms with Crippen molar-refractivity contribution in [3.63, 3.8) is 0 Å². The molecule has 1 fully saturated rings. The predicted molar refractivity (Wildman–Crippen MR) is 66.2 cm³/mol. The van der Waals surface area contributed by atoms with Gasteiger partial charge in [0.05, 0.1) is 5.69 Å². The Labute approximate surface area is 105 Å². The average Bonchev–Trinajstić information content (AvgIpc) is 3.15. The lowest BCUT2D eigenvalue weighted by Crippen LogP contribution is -2.40. The van der Waals surface area contributed by atoms with E-state index in [4.69, 9.17) is 0 Å². The monoisotopic (exact) mass is 247 g/mol. The third-order valence-electron chi connectivity index (χ3n) is 3.75. The lowest BCUT2D eigenvalue weighted by molar-refractivity contribution is -0.123. The van der Waals surface area contributed by atoms with Crippen LogP contribution in [-0.4, -0.2) is 21.7 Å². The number of amides is 1. The van der Waals surface area contributed by atoms with Crippen molar-refractivity contribution in [1.29, 1.82) is 0 Å². The third-order valence-corrected chi connectivity index (χ3v) is 3.75. The van der Waals surface area contributed by atoms with Gasteiger partial charge in [0.25, 0.3) is 5.56 Å². The standard InChI is InChI=1S/C13H17N3O2/c1-16-12(17)7-9-6-10(4-5-11(9)15-16)14-13(18)8-2-3-8/h7-8,10H,2-6H2,1H3,(H,14,18). The highest BCUT2D eigenvalue weighted by atomic mass is 16.2. The van der Waals surface area contributed by atoms with Gasteiger partial charge >= 0.3 is 0 Å². The van der Waals surface area contributed by atoms with Crippen LogP contribution in [0.4, 0.5) is 0 Å². The van der Waals surface area contributed by atoms with Gasteiger partial charge in [-0.3, -0.25) is 9.59 Å². The van der Waals surface area contributed by atoms with Crippen LogP contribution in [0.3, 0.4) is 0 Å². The zero-order valence-electron chi connectivity index (χ0n) is 10.5. The number of carbonyl (C=O) groups excluding carboxylic acids is 1. The molecule has 1 heterocycles. The second kappa shape index (κ2) is 4.23. The van der Waals surface area contributed by atoms with Crippen LogP contribution in [0.15, 0.2) is 10.9 Å². The Bertz CT molecular complexity index is 546. The van der Waals surface area contributed by atoms with Gasteiger partial charge in [0, 0.05) is 25.1 Å². The van der Waals surface area contributed by atoms with Gasteiger partial charge < -0.3 is 5.32 Å². The summed E-state index contributed by atoms with van der Waals surface area (Å²) in [6.07, 6.45) is 4.53. The van der Waals surface area contributed by atoms with Crippen molar-refractivity contribution in [1.82, 2.24) is 15.1 Å². The highest BCUT2D eigenvalue weighted by Crippen LogP contribution is 2.29. The minimum atomic E-state index is -0.0806. The van der Waals surface area contributed by atoms with Crippen LogP contribution in [0.1, 0.15) is 30.5 Å². The molecule has 0 aromatic carbocycles. The van der Waals surface area contributed by atoms with Crippen molar-refractivity contribution in [2.24, 2.45) is 13.0 Å². The maximum Gasteiger partial charge on any atom is 0.266 e. The van der Waals surface area contributed by atoms with Gasteiger partial charge in [0.15, 0.2) is 0 Å². The predicted octanol–water partition coefficient (Wildman–Crippen LogP) is 0.164. The molecule has 0 saturated heterocycles. The summed E-state index contributed by atoms with van der Waals surface area (Å²) in [7, 11) is 1.67. The number of carbonyl (C=O) groups is 1. The van der Waals surface area contributed by atoms with Crippen molar-refractivity contribution in [2.75, 3.05) is 0 Å². The first-order chi connectivity index (χ1) is 8.63. The van der Waals surface area contributed by atoms with E-state index in [1.54, 1.807) is 13.1 Å². The Morgan fingerprint density at radius 1 is 1.44 bits per heavy atom. The lowest BCUT2D eigenvalue weighted by Gasteiger charge is -2.24. The minimum absolute atomic E-state index is 0.0806. The number of nitrogens with zero attached hydrogens (tertiary/aromatic N) is 2. The maximum atomic E-state index is 11.7. The molecule has 1 aromatic heterocycles. The molecular formula is C13H17N3O2. The van der Waals surface area contributed by atoms with Gasteiger partial charge in [-0.2, -0.15) is 5.10 Å². The molecule has 5 heteroatoms. The SMILES string of the molecule is Cn1nc2c(cc1=O)CC(NC(=O)C1CC1)CC2. The van der Waals surface area contributed by atoms with Gasteiger partial charge in [-0.1, -0.05) is 0 Å². The number of nitrogens with one attached hydrogen (secondary N) is 1. The molecule has 0 spiro atoms. The van der Waals surface area contributed by atoms with E-state index in [9.17, 15) is 9.59 Å². The molecular weight excluding hydrogens is 230 g/mol. The fourth-order valence-electron chi connectivity index (χ4n) is 2.47. The van der Waals surface area contributed by atoms with E-state index in [0.717, 1.165) is 43.4 Å². The molecule has 1 atom stereocenters. The van der Waals surface area contributed by atoms with Crippen LogP contribution in [0.2, 0.25) is 0 Å². The summed E-state index contributed by atoms with van der Waals surface area (Å²) < 4.78 is 1.38. The van der Waals surface area contributed by atoms with Gasteiger partial charge in [0.2, 0.25) is 5.91 Å². The van der Waals surface area contributed by atoms with Crippen LogP contribution < -0.4 is 10.9 Å². The van der Waals surface area contributed by atoms with E-state index in [1.807, 2.05) is 0 Å². The largest absolute Gasteiger partial charge is 0.353 e. The zero-order valence-corrected chi connectivity index (χ0v) is 10.5. The topological polar surface area (TPSA) is 64.0 Å². The van der Waals surface area contributed by atoms with Crippen LogP contribution in [-0.2, 0) is 24.7 Å². The molecule has 0 aliphatic heterocycles. The van der Waals surface area contributed by atoms with E-state index in [2.05, 4.69) is 10.4 Å². The van der Waals surface area contributed by atoms with Crippen molar-refractivity contribution < 1.29 is 4.79 Å². The molecule has 96 valence electrons. The second-order valence-electron chi connectivity index (χ2n) is 5.30. The molecule has 1 N–H and O–H groups in total. The Kier molecular flexibility index (Phi) is 2.69. The van der Waals surface area contributed by atoms with Crippen LogP contribution >= 0.6 is 0 Å². The third kappa shape index (κ3) is 2.17. The number of hydrogen-bond donors (Lipinski definition) is 1. The molecule has 2 aliphatic carbocycles. The van der Waals surface area contributed by atoms with Gasteiger partial charge in [-0.05, 0) is 37.7 Å². The first-order valence-electron chi connectivity index (χ1n) is 6.50. The van der Waals surface area contributed by atoms with Crippen molar-refractivity contribution in [3.05, 3.63) is 27.7 Å².